The van der Waals surface area contributed by atoms with E-state index in [1.807, 2.05) is 7.05 Å². The van der Waals surface area contributed by atoms with Gasteiger partial charge >= 0.3 is 0 Å². The van der Waals surface area contributed by atoms with E-state index in [9.17, 15) is 0 Å². The van der Waals surface area contributed by atoms with Crippen LogP contribution in [0.2, 0.25) is 0 Å². The summed E-state index contributed by atoms with van der Waals surface area (Å²) >= 11 is 0. The Morgan fingerprint density at radius 2 is 1.79 bits per heavy atom. The van der Waals surface area contributed by atoms with E-state index in [0.717, 1.165) is 51.3 Å². The first-order valence-corrected chi connectivity index (χ1v) is 11.1. The standard InChI is InChI=1S/C21H43N5O.HI/c1-5-25-10-7-19(8-11-25)6-9-23-21(22-4)24-17-20(16-18(2)3)26-12-14-27-15-13-26;/h18-20H,5-17H2,1-4H3,(H2,22,23,24);1H. The van der Waals surface area contributed by atoms with E-state index in [-0.39, 0.29) is 24.0 Å². The highest BCUT2D eigenvalue weighted by Crippen LogP contribution is 2.19. The lowest BCUT2D eigenvalue weighted by Crippen LogP contribution is -2.51. The van der Waals surface area contributed by atoms with E-state index < -0.39 is 0 Å². The summed E-state index contributed by atoms with van der Waals surface area (Å²) in [7, 11) is 1.88. The van der Waals surface area contributed by atoms with E-state index in [0.29, 0.717) is 12.0 Å². The molecule has 2 fully saturated rings. The summed E-state index contributed by atoms with van der Waals surface area (Å²) in [6.45, 7) is 16.4. The van der Waals surface area contributed by atoms with Crippen LogP contribution in [0.5, 0.6) is 0 Å². The van der Waals surface area contributed by atoms with E-state index in [2.05, 4.69) is 46.2 Å². The number of piperidine rings is 1. The third kappa shape index (κ3) is 9.59. The summed E-state index contributed by atoms with van der Waals surface area (Å²) in [5.41, 5.74) is 0. The molecule has 0 radical (unpaired) electrons. The number of hydrogen-bond acceptors (Lipinski definition) is 4. The molecule has 6 nitrogen and oxygen atoms in total. The molecule has 0 spiro atoms. The van der Waals surface area contributed by atoms with Gasteiger partial charge in [-0.1, -0.05) is 20.8 Å². The molecule has 2 aliphatic rings. The quantitative estimate of drug-likeness (QED) is 0.285. The zero-order chi connectivity index (χ0) is 19.5. The Morgan fingerprint density at radius 3 is 2.36 bits per heavy atom. The average molecular weight is 510 g/mol. The summed E-state index contributed by atoms with van der Waals surface area (Å²) in [6, 6.07) is 0.547. The van der Waals surface area contributed by atoms with Crippen LogP contribution in [0.15, 0.2) is 4.99 Å². The molecular formula is C21H44IN5O. The molecule has 0 aromatic rings. The predicted molar refractivity (Wildman–Crippen MR) is 130 cm³/mol. The summed E-state index contributed by atoms with van der Waals surface area (Å²) in [5, 5.41) is 7.11. The van der Waals surface area contributed by atoms with Crippen LogP contribution in [0, 0.1) is 11.8 Å². The van der Waals surface area contributed by atoms with Crippen molar-refractivity contribution in [1.29, 1.82) is 0 Å². The Labute approximate surface area is 190 Å². The first-order valence-electron chi connectivity index (χ1n) is 11.1. The summed E-state index contributed by atoms with van der Waals surface area (Å²) in [4.78, 5) is 9.57. The normalized spacial score (nSPS) is 21.4. The molecule has 0 saturated carbocycles. The minimum Gasteiger partial charge on any atom is -0.379 e. The SMILES string of the molecule is CCN1CCC(CCNC(=NC)NCC(CC(C)C)N2CCOCC2)CC1.I. The van der Waals surface area contributed by atoms with Crippen LogP contribution in [0.3, 0.4) is 0 Å². The molecule has 2 saturated heterocycles. The number of rotatable bonds is 9. The molecule has 1 unspecified atom stereocenters. The first kappa shape index (κ1) is 25.9. The van der Waals surface area contributed by atoms with Gasteiger partial charge in [0.2, 0.25) is 0 Å². The monoisotopic (exact) mass is 509 g/mol. The van der Waals surface area contributed by atoms with Gasteiger partial charge in [0.25, 0.3) is 0 Å². The van der Waals surface area contributed by atoms with Gasteiger partial charge in [-0.05, 0) is 57.2 Å². The molecule has 2 heterocycles. The molecule has 1 atom stereocenters. The number of hydrogen-bond donors (Lipinski definition) is 2. The van der Waals surface area contributed by atoms with Gasteiger partial charge in [-0.3, -0.25) is 9.89 Å². The second-order valence-electron chi connectivity index (χ2n) is 8.48. The minimum atomic E-state index is 0. The van der Waals surface area contributed by atoms with Gasteiger partial charge in [-0.2, -0.15) is 0 Å². The lowest BCUT2D eigenvalue weighted by Gasteiger charge is -2.36. The maximum Gasteiger partial charge on any atom is 0.191 e. The minimum absolute atomic E-state index is 0. The first-order chi connectivity index (χ1) is 13.1. The van der Waals surface area contributed by atoms with Gasteiger partial charge in [0.1, 0.15) is 0 Å². The number of nitrogens with zero attached hydrogens (tertiary/aromatic N) is 3. The van der Waals surface area contributed by atoms with Gasteiger partial charge in [-0.15, -0.1) is 24.0 Å². The second kappa shape index (κ2) is 14.8. The lowest BCUT2D eigenvalue weighted by molar-refractivity contribution is 0.0132. The van der Waals surface area contributed by atoms with Crippen molar-refractivity contribution < 1.29 is 4.74 Å². The molecule has 2 aliphatic heterocycles. The maximum absolute atomic E-state index is 5.52. The smallest absolute Gasteiger partial charge is 0.191 e. The van der Waals surface area contributed by atoms with Gasteiger partial charge in [0, 0.05) is 39.3 Å². The third-order valence-corrected chi connectivity index (χ3v) is 6.03. The molecule has 0 aromatic heterocycles. The number of morpholine rings is 1. The molecule has 7 heteroatoms. The van der Waals surface area contributed by atoms with Gasteiger partial charge in [0.15, 0.2) is 5.96 Å². The fraction of sp³-hybridized carbons (Fsp3) is 0.952. The van der Waals surface area contributed by atoms with Crippen LogP contribution < -0.4 is 10.6 Å². The second-order valence-corrected chi connectivity index (χ2v) is 8.48. The van der Waals surface area contributed by atoms with Crippen molar-refractivity contribution >= 4 is 29.9 Å². The molecule has 166 valence electrons. The number of likely N-dealkylation sites (tertiary alicyclic amines) is 1. The van der Waals surface area contributed by atoms with E-state index in [1.54, 1.807) is 0 Å². The van der Waals surface area contributed by atoms with Gasteiger partial charge in [0.05, 0.1) is 13.2 Å². The fourth-order valence-electron chi connectivity index (χ4n) is 4.27. The molecule has 0 aromatic carbocycles. The van der Waals surface area contributed by atoms with Crippen LogP contribution in [-0.4, -0.2) is 87.9 Å². The van der Waals surface area contributed by atoms with E-state index in [4.69, 9.17) is 4.74 Å². The van der Waals surface area contributed by atoms with E-state index in [1.165, 1.54) is 45.3 Å². The molecule has 0 bridgehead atoms. The van der Waals surface area contributed by atoms with Crippen molar-refractivity contribution in [3.8, 4) is 0 Å². The van der Waals surface area contributed by atoms with Gasteiger partial charge in [-0.25, -0.2) is 0 Å². The largest absolute Gasteiger partial charge is 0.379 e. The molecule has 0 aliphatic carbocycles. The highest BCUT2D eigenvalue weighted by Gasteiger charge is 2.22. The highest BCUT2D eigenvalue weighted by atomic mass is 127. The lowest BCUT2D eigenvalue weighted by atomic mass is 9.93. The molecule has 28 heavy (non-hydrogen) atoms. The van der Waals surface area contributed by atoms with E-state index >= 15 is 0 Å². The zero-order valence-corrected chi connectivity index (χ0v) is 20.9. The molecule has 0 amide bonds. The van der Waals surface area contributed by atoms with Gasteiger partial charge < -0.3 is 20.3 Å². The average Bonchev–Trinajstić information content (AvgIpc) is 2.70. The molecular weight excluding hydrogens is 465 g/mol. The highest BCUT2D eigenvalue weighted by molar-refractivity contribution is 14.0. The van der Waals surface area contributed by atoms with Crippen LogP contribution in [-0.2, 0) is 4.74 Å². The number of aliphatic imine (C=N–C) groups is 1. The topological polar surface area (TPSA) is 52.1 Å². The predicted octanol–water partition coefficient (Wildman–Crippen LogP) is 2.64. The Kier molecular flexibility index (Phi) is 13.7. The summed E-state index contributed by atoms with van der Waals surface area (Å²) in [5.74, 6) is 2.51. The Balaban J connectivity index is 0.00000392. The maximum atomic E-state index is 5.52. The summed E-state index contributed by atoms with van der Waals surface area (Å²) in [6.07, 6.45) is 5.14. The Hall–Kier alpha value is -0.120. The van der Waals surface area contributed by atoms with Crippen LogP contribution >= 0.6 is 24.0 Å². The van der Waals surface area contributed by atoms with Crippen molar-refractivity contribution in [1.82, 2.24) is 20.4 Å². The Morgan fingerprint density at radius 1 is 1.11 bits per heavy atom. The van der Waals surface area contributed by atoms with Crippen molar-refractivity contribution in [2.75, 3.05) is 66.1 Å². The number of guanidine groups is 1. The zero-order valence-electron chi connectivity index (χ0n) is 18.6. The van der Waals surface area contributed by atoms with Crippen LogP contribution in [0.1, 0.15) is 46.5 Å². The van der Waals surface area contributed by atoms with Crippen LogP contribution in [0.4, 0.5) is 0 Å². The third-order valence-electron chi connectivity index (χ3n) is 6.03. The Bertz CT molecular complexity index is 421. The number of ether oxygens (including phenoxy) is 1. The fourth-order valence-corrected chi connectivity index (χ4v) is 4.27. The summed E-state index contributed by atoms with van der Waals surface area (Å²) < 4.78 is 5.52. The molecule has 2 N–H and O–H groups in total. The van der Waals surface area contributed by atoms with Crippen molar-refractivity contribution in [2.45, 2.75) is 52.5 Å². The molecule has 2 rings (SSSR count). The van der Waals surface area contributed by atoms with Crippen molar-refractivity contribution in [3.63, 3.8) is 0 Å². The van der Waals surface area contributed by atoms with Crippen molar-refractivity contribution in [3.05, 3.63) is 0 Å². The van der Waals surface area contributed by atoms with Crippen molar-refractivity contribution in [2.24, 2.45) is 16.8 Å². The number of nitrogens with one attached hydrogen (secondary N) is 2. The number of halogens is 1. The van der Waals surface area contributed by atoms with Crippen LogP contribution in [0.25, 0.3) is 0 Å².